The third-order valence-electron chi connectivity index (χ3n) is 2.91. The van der Waals surface area contributed by atoms with Gasteiger partial charge in [0.25, 0.3) is 0 Å². The maximum Gasteiger partial charge on any atom is 0.311 e. The van der Waals surface area contributed by atoms with Crippen LogP contribution in [0.1, 0.15) is 11.3 Å². The van der Waals surface area contributed by atoms with Crippen molar-refractivity contribution in [2.24, 2.45) is 5.10 Å². The molecule has 0 bridgehead atoms. The number of nitrogens with one attached hydrogen (secondary N) is 1. The summed E-state index contributed by atoms with van der Waals surface area (Å²) in [4.78, 5) is 15.4. The van der Waals surface area contributed by atoms with Crippen molar-refractivity contribution in [2.75, 3.05) is 26.8 Å². The summed E-state index contributed by atoms with van der Waals surface area (Å²) in [5.74, 6) is 1.07. The number of ether oxygens (including phenoxy) is 3. The maximum atomic E-state index is 11.2. The summed E-state index contributed by atoms with van der Waals surface area (Å²) in [6.45, 7) is 0. The fourth-order valence-corrected chi connectivity index (χ4v) is 2.42. The van der Waals surface area contributed by atoms with Crippen LogP contribution in [-0.4, -0.2) is 38.5 Å². The lowest BCUT2D eigenvalue weighted by Gasteiger charge is -2.06. The Kier molecular flexibility index (Phi) is 5.93. The Labute approximate surface area is 137 Å². The molecule has 1 aromatic carbocycles. The Morgan fingerprint density at radius 2 is 2.17 bits per heavy atom. The summed E-state index contributed by atoms with van der Waals surface area (Å²) >= 11 is 1.36. The van der Waals surface area contributed by atoms with Gasteiger partial charge in [-0.1, -0.05) is 0 Å². The first-order valence-electron chi connectivity index (χ1n) is 6.68. The molecule has 0 spiro atoms. The van der Waals surface area contributed by atoms with Gasteiger partial charge in [0.1, 0.15) is 11.5 Å². The Bertz CT molecular complexity index is 700. The molecule has 1 heterocycles. The molecule has 122 valence electrons. The van der Waals surface area contributed by atoms with Crippen molar-refractivity contribution in [3.63, 3.8) is 0 Å². The quantitative estimate of drug-likeness (QED) is 0.475. The lowest BCUT2D eigenvalue weighted by atomic mass is 10.2. The molecule has 0 amide bonds. The zero-order valence-corrected chi connectivity index (χ0v) is 13.8. The number of carbonyl (C=O) groups is 1. The van der Waals surface area contributed by atoms with Gasteiger partial charge in [0, 0.05) is 10.9 Å². The van der Waals surface area contributed by atoms with Crippen LogP contribution in [0.25, 0.3) is 0 Å². The van der Waals surface area contributed by atoms with E-state index in [1.807, 2.05) is 12.1 Å². The smallest absolute Gasteiger partial charge is 0.311 e. The topological polar surface area (TPSA) is 82.0 Å². The monoisotopic (exact) mass is 335 g/mol. The molecule has 0 aliphatic carbocycles. The van der Waals surface area contributed by atoms with Gasteiger partial charge in [-0.2, -0.15) is 5.10 Å². The first kappa shape index (κ1) is 16.8. The van der Waals surface area contributed by atoms with Gasteiger partial charge in [0.2, 0.25) is 5.13 Å². The van der Waals surface area contributed by atoms with Crippen molar-refractivity contribution in [2.45, 2.75) is 6.42 Å². The molecule has 23 heavy (non-hydrogen) atoms. The van der Waals surface area contributed by atoms with Gasteiger partial charge in [-0.3, -0.25) is 10.2 Å². The zero-order chi connectivity index (χ0) is 16.7. The Hall–Kier alpha value is -2.61. The lowest BCUT2D eigenvalue weighted by Crippen LogP contribution is -2.04. The number of anilines is 1. The van der Waals surface area contributed by atoms with Gasteiger partial charge >= 0.3 is 5.97 Å². The van der Waals surface area contributed by atoms with E-state index in [0.717, 1.165) is 5.56 Å². The van der Waals surface area contributed by atoms with Crippen LogP contribution < -0.4 is 14.9 Å². The maximum absolute atomic E-state index is 11.2. The van der Waals surface area contributed by atoms with E-state index >= 15 is 0 Å². The van der Waals surface area contributed by atoms with Crippen LogP contribution in [0.15, 0.2) is 28.7 Å². The number of nitrogens with zero attached hydrogens (tertiary/aromatic N) is 2. The summed E-state index contributed by atoms with van der Waals surface area (Å²) in [5.41, 5.74) is 4.23. The van der Waals surface area contributed by atoms with Crippen molar-refractivity contribution in [3.05, 3.63) is 34.8 Å². The predicted molar refractivity (Wildman–Crippen MR) is 88.6 cm³/mol. The molecule has 0 saturated carbocycles. The van der Waals surface area contributed by atoms with Crippen LogP contribution >= 0.6 is 11.3 Å². The average Bonchev–Trinajstić information content (AvgIpc) is 3.01. The molecule has 0 atom stereocenters. The molecular weight excluding hydrogens is 318 g/mol. The molecule has 2 aromatic rings. The van der Waals surface area contributed by atoms with Crippen molar-refractivity contribution in [3.8, 4) is 11.5 Å². The van der Waals surface area contributed by atoms with E-state index in [-0.39, 0.29) is 12.4 Å². The van der Waals surface area contributed by atoms with Gasteiger partial charge in [0.05, 0.1) is 39.7 Å². The molecule has 8 heteroatoms. The number of methoxy groups -OCH3 is 3. The van der Waals surface area contributed by atoms with Gasteiger partial charge < -0.3 is 14.2 Å². The Morgan fingerprint density at radius 3 is 2.87 bits per heavy atom. The molecule has 0 unspecified atom stereocenters. The van der Waals surface area contributed by atoms with Crippen LogP contribution in [-0.2, 0) is 16.0 Å². The minimum atomic E-state index is -0.327. The highest BCUT2D eigenvalue weighted by atomic mass is 32.1. The highest BCUT2D eigenvalue weighted by Crippen LogP contribution is 2.22. The van der Waals surface area contributed by atoms with Crippen molar-refractivity contribution in [1.29, 1.82) is 0 Å². The highest BCUT2D eigenvalue weighted by molar-refractivity contribution is 7.13. The zero-order valence-electron chi connectivity index (χ0n) is 13.0. The second-order valence-corrected chi connectivity index (χ2v) is 5.23. The van der Waals surface area contributed by atoms with E-state index < -0.39 is 0 Å². The number of benzene rings is 1. The summed E-state index contributed by atoms with van der Waals surface area (Å²) in [5, 5.41) is 6.49. The third kappa shape index (κ3) is 4.68. The number of hydrazone groups is 1. The van der Waals surface area contributed by atoms with Crippen LogP contribution in [0, 0.1) is 0 Å². The summed E-state index contributed by atoms with van der Waals surface area (Å²) in [6.07, 6.45) is 1.75. The number of esters is 1. The summed E-state index contributed by atoms with van der Waals surface area (Å²) in [6, 6.07) is 5.43. The summed E-state index contributed by atoms with van der Waals surface area (Å²) < 4.78 is 15.0. The number of thiazole rings is 1. The van der Waals surface area contributed by atoms with Crippen molar-refractivity contribution < 1.29 is 19.0 Å². The van der Waals surface area contributed by atoms with Crippen molar-refractivity contribution in [1.82, 2.24) is 4.98 Å². The molecule has 1 aromatic heterocycles. The average molecular weight is 335 g/mol. The minimum absolute atomic E-state index is 0.141. The second-order valence-electron chi connectivity index (χ2n) is 4.37. The standard InChI is InChI=1S/C15H17N3O4S/c1-20-12-4-5-13(21-2)10(6-12)8-16-18-15-17-11(9-23-15)7-14(19)22-3/h4-6,8-9H,7H2,1-3H3,(H,17,18)/b16-8-. The lowest BCUT2D eigenvalue weighted by molar-refractivity contribution is -0.139. The molecule has 1 N–H and O–H groups in total. The van der Waals surface area contributed by atoms with Gasteiger partial charge in [-0.15, -0.1) is 11.3 Å². The van der Waals surface area contributed by atoms with Crippen molar-refractivity contribution >= 4 is 28.7 Å². The second kappa shape index (κ2) is 8.14. The molecule has 0 saturated heterocycles. The first-order valence-corrected chi connectivity index (χ1v) is 7.56. The number of carbonyl (C=O) groups excluding carboxylic acids is 1. The Balaban J connectivity index is 2.03. The van der Waals surface area contributed by atoms with Gasteiger partial charge in [0.15, 0.2) is 0 Å². The van der Waals surface area contributed by atoms with E-state index in [9.17, 15) is 4.79 Å². The molecule has 0 fully saturated rings. The fourth-order valence-electron chi connectivity index (χ4n) is 1.76. The predicted octanol–water partition coefficient (Wildman–Crippen LogP) is 2.32. The number of hydrogen-bond donors (Lipinski definition) is 1. The molecule has 7 nitrogen and oxygen atoms in total. The van der Waals surface area contributed by atoms with E-state index in [2.05, 4.69) is 20.2 Å². The van der Waals surface area contributed by atoms with Crippen LogP contribution in [0.5, 0.6) is 11.5 Å². The van der Waals surface area contributed by atoms with Crippen LogP contribution in [0.4, 0.5) is 5.13 Å². The van der Waals surface area contributed by atoms with E-state index in [1.54, 1.807) is 31.9 Å². The number of rotatable bonds is 7. The molecule has 0 radical (unpaired) electrons. The van der Waals surface area contributed by atoms with Gasteiger partial charge in [-0.05, 0) is 18.2 Å². The van der Waals surface area contributed by atoms with Crippen LogP contribution in [0.3, 0.4) is 0 Å². The first-order chi connectivity index (χ1) is 11.2. The normalized spacial score (nSPS) is 10.6. The number of hydrogen-bond acceptors (Lipinski definition) is 8. The fraction of sp³-hybridized carbons (Fsp3) is 0.267. The SMILES string of the molecule is COC(=O)Cc1csc(N/N=C\c2cc(OC)ccc2OC)n1. The van der Waals surface area contributed by atoms with E-state index in [1.165, 1.54) is 18.4 Å². The molecule has 0 aliphatic heterocycles. The Morgan fingerprint density at radius 1 is 1.35 bits per heavy atom. The highest BCUT2D eigenvalue weighted by Gasteiger charge is 2.07. The number of aromatic nitrogens is 1. The van der Waals surface area contributed by atoms with Gasteiger partial charge in [-0.25, -0.2) is 4.98 Å². The molecular formula is C15H17N3O4S. The van der Waals surface area contributed by atoms with Crippen LogP contribution in [0.2, 0.25) is 0 Å². The largest absolute Gasteiger partial charge is 0.497 e. The molecule has 0 aliphatic rings. The molecule has 2 rings (SSSR count). The summed E-state index contributed by atoms with van der Waals surface area (Å²) in [7, 11) is 4.53. The minimum Gasteiger partial charge on any atom is -0.497 e. The van der Waals surface area contributed by atoms with E-state index in [4.69, 9.17) is 9.47 Å². The third-order valence-corrected chi connectivity index (χ3v) is 3.70. The van der Waals surface area contributed by atoms with E-state index in [0.29, 0.717) is 22.3 Å².